The fourth-order valence-corrected chi connectivity index (χ4v) is 4.51. The number of fused-ring (bicyclic) bond motifs is 1. The third kappa shape index (κ3) is 3.83. The second kappa shape index (κ2) is 7.44. The van der Waals surface area contributed by atoms with Gasteiger partial charge >= 0.3 is 0 Å². The van der Waals surface area contributed by atoms with Crippen LogP contribution in [0.15, 0.2) is 47.5 Å². The van der Waals surface area contributed by atoms with Gasteiger partial charge in [0, 0.05) is 24.3 Å². The molecule has 1 aliphatic rings. The second-order valence-corrected chi connectivity index (χ2v) is 8.55. The quantitative estimate of drug-likeness (QED) is 0.651. The first-order valence-electron chi connectivity index (χ1n) is 9.07. The summed E-state index contributed by atoms with van der Waals surface area (Å²) in [6.07, 6.45) is 3.51. The summed E-state index contributed by atoms with van der Waals surface area (Å²) >= 11 is 0. The van der Waals surface area contributed by atoms with Crippen molar-refractivity contribution in [3.05, 3.63) is 54.0 Å². The smallest absolute Gasteiger partial charge is 0.264 e. The Morgan fingerprint density at radius 1 is 1.29 bits per heavy atom. The van der Waals surface area contributed by atoms with Crippen LogP contribution in [0.25, 0.3) is 10.9 Å². The molecule has 4 rings (SSSR count). The number of benzene rings is 2. The first kappa shape index (κ1) is 18.8. The summed E-state index contributed by atoms with van der Waals surface area (Å²) in [5, 5.41) is 0.504. The van der Waals surface area contributed by atoms with Crippen molar-refractivity contribution in [1.82, 2.24) is 4.98 Å². The topological polar surface area (TPSA) is 80.4 Å². The molecule has 8 heteroatoms. The van der Waals surface area contributed by atoms with Crippen LogP contribution in [-0.2, 0) is 14.8 Å². The number of hydrogen-bond acceptors (Lipinski definition) is 4. The maximum Gasteiger partial charge on any atom is 0.264 e. The van der Waals surface area contributed by atoms with Gasteiger partial charge in [-0.3, -0.25) is 4.72 Å². The van der Waals surface area contributed by atoms with E-state index in [1.54, 1.807) is 31.2 Å². The van der Waals surface area contributed by atoms with Crippen molar-refractivity contribution in [2.45, 2.75) is 30.8 Å². The van der Waals surface area contributed by atoms with Gasteiger partial charge in [0.25, 0.3) is 10.0 Å². The average molecular weight is 404 g/mol. The number of ether oxygens (including phenoxy) is 2. The molecule has 1 aromatic heterocycles. The van der Waals surface area contributed by atoms with Crippen molar-refractivity contribution in [3.63, 3.8) is 0 Å². The molecular formula is C20H21FN2O4S. The van der Waals surface area contributed by atoms with Gasteiger partial charge in [-0.25, -0.2) is 12.8 Å². The molecule has 2 heterocycles. The fourth-order valence-electron chi connectivity index (χ4n) is 3.26. The lowest BCUT2D eigenvalue weighted by molar-refractivity contribution is 0.0680. The predicted octanol–water partition coefficient (Wildman–Crippen LogP) is 3.97. The normalized spacial score (nSPS) is 17.1. The van der Waals surface area contributed by atoms with E-state index in [4.69, 9.17) is 9.47 Å². The van der Waals surface area contributed by atoms with Crippen LogP contribution in [0.1, 0.15) is 18.4 Å². The van der Waals surface area contributed by atoms with Gasteiger partial charge in [0.1, 0.15) is 23.1 Å². The molecule has 0 aliphatic carbocycles. The summed E-state index contributed by atoms with van der Waals surface area (Å²) in [5.41, 5.74) is 1.24. The van der Waals surface area contributed by atoms with E-state index in [2.05, 4.69) is 9.71 Å². The van der Waals surface area contributed by atoms with E-state index in [0.717, 1.165) is 19.4 Å². The highest BCUT2D eigenvalue weighted by atomic mass is 32.2. The molecule has 2 aromatic carbocycles. The molecule has 0 spiro atoms. The largest absolute Gasteiger partial charge is 0.491 e. The summed E-state index contributed by atoms with van der Waals surface area (Å²) in [7, 11) is -3.95. The van der Waals surface area contributed by atoms with Gasteiger partial charge < -0.3 is 14.5 Å². The molecule has 1 saturated heterocycles. The van der Waals surface area contributed by atoms with Gasteiger partial charge in [-0.15, -0.1) is 0 Å². The van der Waals surface area contributed by atoms with E-state index in [9.17, 15) is 12.8 Å². The molecule has 1 aliphatic heterocycles. The van der Waals surface area contributed by atoms with Gasteiger partial charge in [0.05, 0.1) is 17.3 Å². The zero-order chi connectivity index (χ0) is 19.7. The number of H-pyrrole nitrogens is 1. The van der Waals surface area contributed by atoms with Gasteiger partial charge in [-0.05, 0) is 49.6 Å². The molecule has 0 saturated carbocycles. The highest BCUT2D eigenvalue weighted by Gasteiger charge is 2.21. The van der Waals surface area contributed by atoms with Crippen molar-refractivity contribution in [3.8, 4) is 5.75 Å². The number of anilines is 1. The van der Waals surface area contributed by atoms with Gasteiger partial charge in [-0.1, -0.05) is 6.07 Å². The van der Waals surface area contributed by atoms with Crippen LogP contribution in [-0.4, -0.2) is 32.7 Å². The van der Waals surface area contributed by atoms with E-state index < -0.39 is 15.8 Å². The Bertz CT molecular complexity index is 1100. The van der Waals surface area contributed by atoms with Crippen LogP contribution in [0.2, 0.25) is 0 Å². The maximum atomic E-state index is 14.0. The molecule has 3 aromatic rings. The van der Waals surface area contributed by atoms with E-state index in [-0.39, 0.29) is 16.7 Å². The van der Waals surface area contributed by atoms with E-state index >= 15 is 0 Å². The van der Waals surface area contributed by atoms with Crippen LogP contribution in [0.3, 0.4) is 0 Å². The SMILES string of the molecule is Cc1ccc(NS(=O)(=O)c2c[nH]c3cc(OCC4CCCO4)ccc23)c(F)c1. The predicted molar refractivity (Wildman–Crippen MR) is 105 cm³/mol. The standard InChI is InChI=1S/C20H21FN2O4S/c1-13-4-7-18(17(21)9-13)23-28(24,25)20-11-22-19-10-14(5-6-16(19)20)27-12-15-3-2-8-26-15/h4-7,9-11,15,22-23H,2-3,8,12H2,1H3. The Hall–Kier alpha value is -2.58. The Kier molecular flexibility index (Phi) is 4.99. The van der Waals surface area contributed by atoms with Crippen molar-refractivity contribution < 1.29 is 22.3 Å². The third-order valence-electron chi connectivity index (χ3n) is 4.73. The van der Waals surface area contributed by atoms with Crippen molar-refractivity contribution in [2.75, 3.05) is 17.9 Å². The number of aromatic amines is 1. The third-order valence-corrected chi connectivity index (χ3v) is 6.14. The molecule has 2 N–H and O–H groups in total. The average Bonchev–Trinajstić information content (AvgIpc) is 3.31. The molecule has 1 atom stereocenters. The number of halogens is 1. The van der Waals surface area contributed by atoms with E-state index in [1.165, 1.54) is 18.3 Å². The lowest BCUT2D eigenvalue weighted by Crippen LogP contribution is -2.16. The van der Waals surface area contributed by atoms with Crippen LogP contribution < -0.4 is 9.46 Å². The van der Waals surface area contributed by atoms with Crippen LogP contribution >= 0.6 is 0 Å². The second-order valence-electron chi connectivity index (χ2n) is 6.90. The molecule has 0 radical (unpaired) electrons. The highest BCUT2D eigenvalue weighted by Crippen LogP contribution is 2.29. The Labute approximate surface area is 162 Å². The zero-order valence-electron chi connectivity index (χ0n) is 15.4. The summed E-state index contributed by atoms with van der Waals surface area (Å²) in [6, 6.07) is 9.48. The van der Waals surface area contributed by atoms with Gasteiger partial charge in [-0.2, -0.15) is 0 Å². The fraction of sp³-hybridized carbons (Fsp3) is 0.300. The highest BCUT2D eigenvalue weighted by molar-refractivity contribution is 7.93. The van der Waals surface area contributed by atoms with Gasteiger partial charge in [0.2, 0.25) is 0 Å². The maximum absolute atomic E-state index is 14.0. The van der Waals surface area contributed by atoms with Gasteiger partial charge in [0.15, 0.2) is 0 Å². The lowest BCUT2D eigenvalue weighted by atomic mass is 10.2. The van der Waals surface area contributed by atoms with Crippen LogP contribution in [0, 0.1) is 12.7 Å². The molecule has 28 heavy (non-hydrogen) atoms. The molecule has 6 nitrogen and oxygen atoms in total. The first-order valence-corrected chi connectivity index (χ1v) is 10.6. The van der Waals surface area contributed by atoms with Crippen LogP contribution in [0.4, 0.5) is 10.1 Å². The van der Waals surface area contributed by atoms with E-state index in [1.807, 2.05) is 0 Å². The number of nitrogens with one attached hydrogen (secondary N) is 2. The molecule has 0 amide bonds. The molecule has 1 unspecified atom stereocenters. The lowest BCUT2D eigenvalue weighted by Gasteiger charge is -2.11. The summed E-state index contributed by atoms with van der Waals surface area (Å²) in [4.78, 5) is 3.00. The Balaban J connectivity index is 1.56. The Morgan fingerprint density at radius 2 is 2.14 bits per heavy atom. The van der Waals surface area contributed by atoms with Crippen molar-refractivity contribution >= 4 is 26.6 Å². The minimum atomic E-state index is -3.95. The molecule has 148 valence electrons. The van der Waals surface area contributed by atoms with Crippen molar-refractivity contribution in [1.29, 1.82) is 0 Å². The molecule has 0 bridgehead atoms. The minimum absolute atomic E-state index is 0.0492. The summed E-state index contributed by atoms with van der Waals surface area (Å²) in [6.45, 7) is 2.96. The number of sulfonamides is 1. The molecular weight excluding hydrogens is 383 g/mol. The zero-order valence-corrected chi connectivity index (χ0v) is 16.2. The number of aromatic nitrogens is 1. The van der Waals surface area contributed by atoms with Crippen molar-refractivity contribution in [2.24, 2.45) is 0 Å². The molecule has 1 fully saturated rings. The number of aryl methyl sites for hydroxylation is 1. The number of rotatable bonds is 6. The summed E-state index contributed by atoms with van der Waals surface area (Å²) < 4.78 is 53.2. The minimum Gasteiger partial charge on any atom is -0.491 e. The summed E-state index contributed by atoms with van der Waals surface area (Å²) in [5.74, 6) is 0.0135. The van der Waals surface area contributed by atoms with Crippen LogP contribution in [0.5, 0.6) is 5.75 Å². The number of hydrogen-bond donors (Lipinski definition) is 2. The monoisotopic (exact) mass is 404 g/mol. The first-order chi connectivity index (χ1) is 13.4. The Morgan fingerprint density at radius 3 is 2.89 bits per heavy atom. The van der Waals surface area contributed by atoms with E-state index in [0.29, 0.717) is 28.8 Å².